The average Bonchev–Trinajstić information content (AvgIpc) is 1.79. The Morgan fingerprint density at radius 1 is 1.36 bits per heavy atom. The smallest absolute Gasteiger partial charge is 0.0244 e. The first-order valence-electron chi connectivity index (χ1n) is 4.26. The number of hydrogen-bond acceptors (Lipinski definition) is 2. The Morgan fingerprint density at radius 2 is 1.82 bits per heavy atom. The molecule has 0 heterocycles. The van der Waals surface area contributed by atoms with Gasteiger partial charge in [0.2, 0.25) is 0 Å². The molecule has 0 rings (SSSR count). The van der Waals surface area contributed by atoms with E-state index in [4.69, 9.17) is 5.73 Å². The molecule has 2 atom stereocenters. The van der Waals surface area contributed by atoms with Crippen molar-refractivity contribution in [2.75, 3.05) is 5.75 Å². The Morgan fingerprint density at radius 3 is 1.91 bits per heavy atom. The summed E-state index contributed by atoms with van der Waals surface area (Å²) in [4.78, 5) is 0. The van der Waals surface area contributed by atoms with Crippen LogP contribution >= 0.6 is 11.8 Å². The molecule has 11 heavy (non-hydrogen) atoms. The van der Waals surface area contributed by atoms with E-state index < -0.39 is 0 Å². The Labute approximate surface area is 75.1 Å². The monoisotopic (exact) mass is 175 g/mol. The fourth-order valence-corrected chi connectivity index (χ4v) is 2.53. The molecule has 0 aromatic rings. The van der Waals surface area contributed by atoms with Crippen LogP contribution < -0.4 is 5.73 Å². The summed E-state index contributed by atoms with van der Waals surface area (Å²) in [5.41, 5.74) is 6.22. The van der Waals surface area contributed by atoms with Gasteiger partial charge in [-0.3, -0.25) is 0 Å². The minimum Gasteiger partial charge on any atom is -0.327 e. The third-order valence-corrected chi connectivity index (χ3v) is 3.51. The lowest BCUT2D eigenvalue weighted by atomic mass is 9.88. The molecule has 2 heteroatoms. The summed E-state index contributed by atoms with van der Waals surface area (Å²) in [5.74, 6) is 1.16. The largest absolute Gasteiger partial charge is 0.327 e. The van der Waals surface area contributed by atoms with Gasteiger partial charge in [0.1, 0.15) is 0 Å². The topological polar surface area (TPSA) is 26.0 Å². The first-order valence-corrected chi connectivity index (χ1v) is 5.31. The van der Waals surface area contributed by atoms with Gasteiger partial charge in [-0.1, -0.05) is 27.7 Å². The third-order valence-electron chi connectivity index (χ3n) is 1.68. The van der Waals surface area contributed by atoms with Crippen molar-refractivity contribution < 1.29 is 0 Å². The predicted octanol–water partition coefficient (Wildman–Crippen LogP) is 2.50. The number of hydrogen-bond donors (Lipinski definition) is 1. The van der Waals surface area contributed by atoms with Crippen molar-refractivity contribution in [1.82, 2.24) is 0 Å². The van der Waals surface area contributed by atoms with Crippen molar-refractivity contribution in [3.05, 3.63) is 0 Å². The van der Waals surface area contributed by atoms with Crippen molar-refractivity contribution in [2.24, 2.45) is 11.1 Å². The highest BCUT2D eigenvalue weighted by molar-refractivity contribution is 7.99. The second-order valence-electron chi connectivity index (χ2n) is 4.10. The molecule has 1 nitrogen and oxygen atoms in total. The molecule has 2 unspecified atom stereocenters. The van der Waals surface area contributed by atoms with E-state index in [0.717, 1.165) is 5.75 Å². The van der Waals surface area contributed by atoms with E-state index in [9.17, 15) is 0 Å². The standard InChI is InChI=1S/C9H21NS/c1-6-11-8(7(2)10)9(3,4)5/h7-8H,6,10H2,1-5H3. The first kappa shape index (κ1) is 11.3. The van der Waals surface area contributed by atoms with Crippen molar-refractivity contribution in [3.63, 3.8) is 0 Å². The van der Waals surface area contributed by atoms with Crippen molar-refractivity contribution >= 4 is 11.8 Å². The van der Waals surface area contributed by atoms with E-state index in [2.05, 4.69) is 34.6 Å². The summed E-state index contributed by atoms with van der Waals surface area (Å²) in [6.45, 7) is 11.0. The van der Waals surface area contributed by atoms with E-state index in [1.807, 2.05) is 11.8 Å². The third kappa shape index (κ3) is 4.02. The lowest BCUT2D eigenvalue weighted by Crippen LogP contribution is -2.39. The highest BCUT2D eigenvalue weighted by Gasteiger charge is 2.27. The number of rotatable bonds is 3. The summed E-state index contributed by atoms with van der Waals surface area (Å²) in [6.07, 6.45) is 0. The normalized spacial score (nSPS) is 18.0. The summed E-state index contributed by atoms with van der Waals surface area (Å²) in [6, 6.07) is 0.292. The van der Waals surface area contributed by atoms with Crippen LogP contribution in [0.15, 0.2) is 0 Å². The molecule has 0 aliphatic heterocycles. The van der Waals surface area contributed by atoms with Crippen LogP contribution in [0.3, 0.4) is 0 Å². The molecule has 2 N–H and O–H groups in total. The molecule has 0 fully saturated rings. The van der Waals surface area contributed by atoms with Crippen LogP contribution in [0.25, 0.3) is 0 Å². The second kappa shape index (κ2) is 4.36. The molecule has 0 aliphatic carbocycles. The molecule has 0 aromatic carbocycles. The lowest BCUT2D eigenvalue weighted by Gasteiger charge is -2.32. The molecular weight excluding hydrogens is 154 g/mol. The molecule has 0 aliphatic rings. The molecule has 0 amide bonds. The van der Waals surface area contributed by atoms with Crippen molar-refractivity contribution in [1.29, 1.82) is 0 Å². The Hall–Kier alpha value is 0.310. The van der Waals surface area contributed by atoms with Gasteiger partial charge < -0.3 is 5.73 Å². The summed E-state index contributed by atoms with van der Waals surface area (Å²) in [5, 5.41) is 0.576. The Balaban J connectivity index is 4.10. The van der Waals surface area contributed by atoms with Crippen LogP contribution in [0.5, 0.6) is 0 Å². The molecule has 68 valence electrons. The van der Waals surface area contributed by atoms with Gasteiger partial charge in [0.25, 0.3) is 0 Å². The zero-order valence-electron chi connectivity index (χ0n) is 8.35. The van der Waals surface area contributed by atoms with Gasteiger partial charge in [0, 0.05) is 11.3 Å². The molecule has 0 saturated heterocycles. The maximum Gasteiger partial charge on any atom is 0.0244 e. The van der Waals surface area contributed by atoms with Gasteiger partial charge in [-0.05, 0) is 18.1 Å². The molecule has 0 radical (unpaired) electrons. The summed E-state index contributed by atoms with van der Waals surface area (Å²) >= 11 is 1.97. The van der Waals surface area contributed by atoms with Crippen LogP contribution in [-0.2, 0) is 0 Å². The maximum absolute atomic E-state index is 5.89. The molecule has 0 saturated carbocycles. The van der Waals surface area contributed by atoms with E-state index in [-0.39, 0.29) is 0 Å². The molecular formula is C9H21NS. The highest BCUT2D eigenvalue weighted by atomic mass is 32.2. The van der Waals surface area contributed by atoms with Crippen LogP contribution in [0, 0.1) is 5.41 Å². The van der Waals surface area contributed by atoms with Crippen molar-refractivity contribution in [3.8, 4) is 0 Å². The quantitative estimate of drug-likeness (QED) is 0.713. The van der Waals surface area contributed by atoms with Gasteiger partial charge in [-0.2, -0.15) is 11.8 Å². The van der Waals surface area contributed by atoms with Crippen LogP contribution in [0.1, 0.15) is 34.6 Å². The summed E-state index contributed by atoms with van der Waals surface area (Å²) in [7, 11) is 0. The van der Waals surface area contributed by atoms with Crippen LogP contribution in [-0.4, -0.2) is 17.0 Å². The van der Waals surface area contributed by atoms with E-state index in [0.29, 0.717) is 16.7 Å². The minimum absolute atomic E-state index is 0.292. The molecule has 0 bridgehead atoms. The fourth-order valence-electron chi connectivity index (χ4n) is 1.37. The van der Waals surface area contributed by atoms with Crippen LogP contribution in [0.4, 0.5) is 0 Å². The first-order chi connectivity index (χ1) is 4.89. The molecule has 0 aromatic heterocycles. The summed E-state index contributed by atoms with van der Waals surface area (Å²) < 4.78 is 0. The zero-order valence-corrected chi connectivity index (χ0v) is 9.16. The fraction of sp³-hybridized carbons (Fsp3) is 1.00. The highest BCUT2D eigenvalue weighted by Crippen LogP contribution is 2.31. The predicted molar refractivity (Wildman–Crippen MR) is 55.0 cm³/mol. The van der Waals surface area contributed by atoms with E-state index >= 15 is 0 Å². The minimum atomic E-state index is 0.292. The molecule has 0 spiro atoms. The van der Waals surface area contributed by atoms with E-state index in [1.54, 1.807) is 0 Å². The van der Waals surface area contributed by atoms with Crippen LogP contribution in [0.2, 0.25) is 0 Å². The number of thioether (sulfide) groups is 1. The Bertz CT molecular complexity index is 105. The van der Waals surface area contributed by atoms with Crippen molar-refractivity contribution in [2.45, 2.75) is 45.9 Å². The zero-order chi connectivity index (χ0) is 9.07. The average molecular weight is 175 g/mol. The van der Waals surface area contributed by atoms with Gasteiger partial charge >= 0.3 is 0 Å². The Kier molecular flexibility index (Phi) is 4.49. The lowest BCUT2D eigenvalue weighted by molar-refractivity contribution is 0.364. The maximum atomic E-state index is 5.89. The SMILES string of the molecule is CCSC(C(C)N)C(C)(C)C. The second-order valence-corrected chi connectivity index (χ2v) is 5.52. The van der Waals surface area contributed by atoms with Gasteiger partial charge in [0.05, 0.1) is 0 Å². The van der Waals surface area contributed by atoms with Gasteiger partial charge in [-0.25, -0.2) is 0 Å². The van der Waals surface area contributed by atoms with Gasteiger partial charge in [-0.15, -0.1) is 0 Å². The van der Waals surface area contributed by atoms with Gasteiger partial charge in [0.15, 0.2) is 0 Å². The number of nitrogens with two attached hydrogens (primary N) is 1. The van der Waals surface area contributed by atoms with E-state index in [1.165, 1.54) is 0 Å².